The van der Waals surface area contributed by atoms with Crippen LogP contribution in [0, 0.1) is 0 Å². The summed E-state index contributed by atoms with van der Waals surface area (Å²) in [5.41, 5.74) is 1.07. The van der Waals surface area contributed by atoms with Crippen LogP contribution < -0.4 is 0 Å². The maximum Gasteiger partial charge on any atom is 0.268 e. The van der Waals surface area contributed by atoms with E-state index in [-0.39, 0.29) is 11.8 Å². The molecule has 28 heavy (non-hydrogen) atoms. The molecular weight excluding hydrogens is 417 g/mol. The zero-order chi connectivity index (χ0) is 20.1. The van der Waals surface area contributed by atoms with Gasteiger partial charge in [-0.2, -0.15) is 0 Å². The van der Waals surface area contributed by atoms with E-state index in [0.717, 1.165) is 4.90 Å². The van der Waals surface area contributed by atoms with Crippen LogP contribution in [-0.2, 0) is 14.3 Å². The normalized spacial score (nSPS) is 14.3. The van der Waals surface area contributed by atoms with Gasteiger partial charge in [-0.15, -0.1) is 0 Å². The first kappa shape index (κ1) is 20.9. The quantitative estimate of drug-likeness (QED) is 0.417. The van der Waals surface area contributed by atoms with Crippen molar-refractivity contribution in [2.24, 2.45) is 0 Å². The van der Waals surface area contributed by atoms with Gasteiger partial charge in [0.15, 0.2) is 0 Å². The Balaban J connectivity index is 1.92. The molecule has 0 saturated heterocycles. The van der Waals surface area contributed by atoms with Crippen LogP contribution >= 0.6 is 35.0 Å². The summed E-state index contributed by atoms with van der Waals surface area (Å²) in [6, 6.07) is 14.1. The fraction of sp³-hybridized carbons (Fsp3) is 0.238. The number of imide groups is 1. The van der Waals surface area contributed by atoms with Crippen molar-refractivity contribution < 1.29 is 14.3 Å². The van der Waals surface area contributed by atoms with Crippen molar-refractivity contribution in [3.8, 4) is 0 Å². The van der Waals surface area contributed by atoms with Gasteiger partial charge in [0, 0.05) is 34.7 Å². The highest BCUT2D eigenvalue weighted by molar-refractivity contribution is 8.04. The first-order chi connectivity index (χ1) is 13.5. The predicted molar refractivity (Wildman–Crippen MR) is 114 cm³/mol. The fourth-order valence-electron chi connectivity index (χ4n) is 2.81. The second-order valence-corrected chi connectivity index (χ2v) is 8.04. The van der Waals surface area contributed by atoms with Crippen LogP contribution in [-0.4, -0.2) is 36.5 Å². The molecule has 4 nitrogen and oxygen atoms in total. The third-order valence-corrected chi connectivity index (χ3v) is 5.76. The third kappa shape index (κ3) is 4.78. The number of halogens is 2. The van der Waals surface area contributed by atoms with E-state index in [2.05, 4.69) is 0 Å². The molecule has 3 rings (SSSR count). The van der Waals surface area contributed by atoms with Crippen LogP contribution in [0.2, 0.25) is 10.0 Å². The maximum atomic E-state index is 13.1. The Morgan fingerprint density at radius 1 is 0.929 bits per heavy atom. The highest BCUT2D eigenvalue weighted by Crippen LogP contribution is 2.40. The van der Waals surface area contributed by atoms with Crippen LogP contribution in [0.25, 0.3) is 5.57 Å². The molecule has 1 aliphatic rings. The van der Waals surface area contributed by atoms with Gasteiger partial charge in [-0.1, -0.05) is 47.1 Å². The average molecular weight is 436 g/mol. The maximum absolute atomic E-state index is 13.1. The molecule has 2 aromatic carbocycles. The lowest BCUT2D eigenvalue weighted by Crippen LogP contribution is -2.33. The molecule has 1 aliphatic heterocycles. The van der Waals surface area contributed by atoms with Crippen molar-refractivity contribution in [3.63, 3.8) is 0 Å². The van der Waals surface area contributed by atoms with Gasteiger partial charge in [0.25, 0.3) is 11.8 Å². The monoisotopic (exact) mass is 435 g/mol. The SMILES string of the molecule is CCOCCCN1C(=O)C(Sc2ccc(Cl)cc2)=C(c2ccc(Cl)cc2)C1=O. The molecule has 7 heteroatoms. The number of hydrogen-bond donors (Lipinski definition) is 0. The summed E-state index contributed by atoms with van der Waals surface area (Å²) >= 11 is 13.2. The minimum absolute atomic E-state index is 0.286. The smallest absolute Gasteiger partial charge is 0.268 e. The summed E-state index contributed by atoms with van der Waals surface area (Å²) in [6.45, 7) is 3.34. The molecule has 146 valence electrons. The average Bonchev–Trinajstić information content (AvgIpc) is 2.92. The lowest BCUT2D eigenvalue weighted by atomic mass is 10.1. The number of thioether (sulfide) groups is 1. The molecule has 0 radical (unpaired) electrons. The summed E-state index contributed by atoms with van der Waals surface area (Å²) in [7, 11) is 0. The van der Waals surface area contributed by atoms with E-state index in [1.165, 1.54) is 16.7 Å². The Labute approximate surface area is 178 Å². The van der Waals surface area contributed by atoms with Gasteiger partial charge in [-0.3, -0.25) is 14.5 Å². The van der Waals surface area contributed by atoms with Gasteiger partial charge in [-0.25, -0.2) is 0 Å². The van der Waals surface area contributed by atoms with Crippen LogP contribution in [0.5, 0.6) is 0 Å². The summed E-state index contributed by atoms with van der Waals surface area (Å²) in [5.74, 6) is -0.577. The Morgan fingerprint density at radius 2 is 1.54 bits per heavy atom. The molecule has 2 aromatic rings. The van der Waals surface area contributed by atoms with Gasteiger partial charge < -0.3 is 4.74 Å². The Morgan fingerprint density at radius 3 is 2.14 bits per heavy atom. The summed E-state index contributed by atoms with van der Waals surface area (Å²) in [6.07, 6.45) is 0.595. The minimum atomic E-state index is -0.291. The van der Waals surface area contributed by atoms with E-state index in [1.54, 1.807) is 36.4 Å². The van der Waals surface area contributed by atoms with Crippen molar-refractivity contribution in [1.29, 1.82) is 0 Å². The Bertz CT molecular complexity index is 895. The molecule has 0 bridgehead atoms. The van der Waals surface area contributed by atoms with E-state index in [4.69, 9.17) is 27.9 Å². The number of hydrogen-bond acceptors (Lipinski definition) is 4. The Hall–Kier alpha value is -1.79. The second kappa shape index (κ2) is 9.61. The Kier molecular flexibility index (Phi) is 7.18. The summed E-state index contributed by atoms with van der Waals surface area (Å²) < 4.78 is 5.33. The van der Waals surface area contributed by atoms with Crippen LogP contribution in [0.3, 0.4) is 0 Å². The van der Waals surface area contributed by atoms with Gasteiger partial charge in [0.2, 0.25) is 0 Å². The number of benzene rings is 2. The zero-order valence-electron chi connectivity index (χ0n) is 15.3. The van der Waals surface area contributed by atoms with Gasteiger partial charge in [0.05, 0.1) is 10.5 Å². The zero-order valence-corrected chi connectivity index (χ0v) is 17.6. The van der Waals surface area contributed by atoms with Crippen molar-refractivity contribution in [2.45, 2.75) is 18.2 Å². The largest absolute Gasteiger partial charge is 0.382 e. The number of nitrogens with zero attached hydrogens (tertiary/aromatic N) is 1. The predicted octanol–water partition coefficient (Wildman–Crippen LogP) is 5.29. The van der Waals surface area contributed by atoms with E-state index < -0.39 is 0 Å². The van der Waals surface area contributed by atoms with Crippen molar-refractivity contribution in [1.82, 2.24) is 4.90 Å². The van der Waals surface area contributed by atoms with Gasteiger partial charge in [-0.05, 0) is 55.3 Å². The number of ether oxygens (including phenoxy) is 1. The lowest BCUT2D eigenvalue weighted by molar-refractivity contribution is -0.136. The van der Waals surface area contributed by atoms with Gasteiger partial charge >= 0.3 is 0 Å². The second-order valence-electron chi connectivity index (χ2n) is 6.08. The van der Waals surface area contributed by atoms with Crippen LogP contribution in [0.1, 0.15) is 18.9 Å². The van der Waals surface area contributed by atoms with Crippen LogP contribution in [0.4, 0.5) is 0 Å². The number of carbonyl (C=O) groups is 2. The molecule has 0 N–H and O–H groups in total. The van der Waals surface area contributed by atoms with E-state index >= 15 is 0 Å². The molecule has 2 amide bonds. The van der Waals surface area contributed by atoms with E-state index in [1.807, 2.05) is 19.1 Å². The highest BCUT2D eigenvalue weighted by Gasteiger charge is 2.39. The lowest BCUT2D eigenvalue weighted by Gasteiger charge is -2.15. The van der Waals surface area contributed by atoms with Gasteiger partial charge in [0.1, 0.15) is 0 Å². The first-order valence-corrected chi connectivity index (χ1v) is 10.5. The molecule has 0 spiro atoms. The van der Waals surface area contributed by atoms with Crippen molar-refractivity contribution in [2.75, 3.05) is 19.8 Å². The molecule has 0 atom stereocenters. The molecule has 0 unspecified atom stereocenters. The molecule has 1 heterocycles. The van der Waals surface area contributed by atoms with Crippen molar-refractivity contribution in [3.05, 3.63) is 69.0 Å². The number of carbonyl (C=O) groups excluding carboxylic acids is 2. The highest BCUT2D eigenvalue weighted by atomic mass is 35.5. The van der Waals surface area contributed by atoms with E-state index in [9.17, 15) is 9.59 Å². The third-order valence-electron chi connectivity index (χ3n) is 4.17. The van der Waals surface area contributed by atoms with E-state index in [0.29, 0.717) is 52.3 Å². The minimum Gasteiger partial charge on any atom is -0.382 e. The topological polar surface area (TPSA) is 46.6 Å². The van der Waals surface area contributed by atoms with Crippen molar-refractivity contribution >= 4 is 52.4 Å². The summed E-state index contributed by atoms with van der Waals surface area (Å²) in [4.78, 5) is 28.6. The molecule has 0 aromatic heterocycles. The number of amides is 2. The molecule has 0 fully saturated rings. The number of rotatable bonds is 8. The summed E-state index contributed by atoms with van der Waals surface area (Å²) in [5, 5.41) is 1.18. The molecule has 0 saturated carbocycles. The van der Waals surface area contributed by atoms with Crippen LogP contribution in [0.15, 0.2) is 58.3 Å². The molecular formula is C21H19Cl2NO3S. The fourth-order valence-corrected chi connectivity index (χ4v) is 4.08. The first-order valence-electron chi connectivity index (χ1n) is 8.89. The standard InChI is InChI=1S/C21H19Cl2NO3S/c1-2-27-13-3-12-24-20(25)18(14-4-6-15(22)7-5-14)19(21(24)26)28-17-10-8-16(23)9-11-17/h4-11H,2-3,12-13H2,1H3. The molecule has 0 aliphatic carbocycles.